The molecular weight excluding hydrogens is 170 g/mol. The van der Waals surface area contributed by atoms with Crippen LogP contribution in [0.5, 0.6) is 0 Å². The molecule has 0 aromatic carbocycles. The van der Waals surface area contributed by atoms with Crippen molar-refractivity contribution in [1.82, 2.24) is 4.90 Å². The van der Waals surface area contributed by atoms with Crippen LogP contribution in [0.1, 0.15) is 53.4 Å². The summed E-state index contributed by atoms with van der Waals surface area (Å²) in [5.74, 6) is 1.75. The van der Waals surface area contributed by atoms with Crippen LogP contribution in [0.4, 0.5) is 0 Å². The minimum atomic E-state index is 0.811. The summed E-state index contributed by atoms with van der Waals surface area (Å²) in [5, 5.41) is 0. The lowest BCUT2D eigenvalue weighted by Crippen LogP contribution is -2.31. The van der Waals surface area contributed by atoms with Gasteiger partial charge in [0.2, 0.25) is 0 Å². The zero-order valence-electron chi connectivity index (χ0n) is 10.4. The van der Waals surface area contributed by atoms with E-state index in [1.165, 1.54) is 38.8 Å². The van der Waals surface area contributed by atoms with Crippen LogP contribution >= 0.6 is 0 Å². The van der Waals surface area contributed by atoms with Gasteiger partial charge in [0.1, 0.15) is 0 Å². The van der Waals surface area contributed by atoms with Crippen LogP contribution in [0.3, 0.4) is 0 Å². The second kappa shape index (κ2) is 5.75. The van der Waals surface area contributed by atoms with Crippen LogP contribution in [0.25, 0.3) is 0 Å². The van der Waals surface area contributed by atoms with Crippen LogP contribution in [-0.4, -0.2) is 24.0 Å². The molecule has 0 aromatic heterocycles. The van der Waals surface area contributed by atoms with Crippen molar-refractivity contribution in [3.8, 4) is 0 Å². The number of hydrogen-bond acceptors (Lipinski definition) is 1. The molecule has 1 heterocycles. The van der Waals surface area contributed by atoms with E-state index in [0.29, 0.717) is 0 Å². The van der Waals surface area contributed by atoms with Crippen LogP contribution < -0.4 is 0 Å². The monoisotopic (exact) mass is 197 g/mol. The van der Waals surface area contributed by atoms with E-state index in [1.807, 2.05) is 0 Å². The summed E-state index contributed by atoms with van der Waals surface area (Å²) >= 11 is 0. The van der Waals surface area contributed by atoms with E-state index in [4.69, 9.17) is 0 Å². The average Bonchev–Trinajstić information content (AvgIpc) is 2.53. The molecule has 1 fully saturated rings. The van der Waals surface area contributed by atoms with Crippen molar-refractivity contribution in [1.29, 1.82) is 0 Å². The van der Waals surface area contributed by atoms with E-state index in [1.54, 1.807) is 0 Å². The van der Waals surface area contributed by atoms with Gasteiger partial charge in [-0.2, -0.15) is 0 Å². The lowest BCUT2D eigenvalue weighted by molar-refractivity contribution is 0.215. The summed E-state index contributed by atoms with van der Waals surface area (Å²) in [7, 11) is 0. The lowest BCUT2D eigenvalue weighted by atomic mass is 9.93. The Morgan fingerprint density at radius 3 is 2.00 bits per heavy atom. The maximum atomic E-state index is 2.66. The van der Waals surface area contributed by atoms with Gasteiger partial charge < -0.3 is 4.90 Å². The van der Waals surface area contributed by atoms with E-state index in [9.17, 15) is 0 Å². The Balaban J connectivity index is 2.21. The van der Waals surface area contributed by atoms with Crippen molar-refractivity contribution in [2.75, 3.05) is 13.1 Å². The maximum absolute atomic E-state index is 2.66. The summed E-state index contributed by atoms with van der Waals surface area (Å²) in [6.45, 7) is 12.2. The van der Waals surface area contributed by atoms with Gasteiger partial charge in [-0.05, 0) is 57.5 Å². The molecule has 1 heteroatoms. The minimum absolute atomic E-state index is 0.811. The van der Waals surface area contributed by atoms with E-state index in [0.717, 1.165) is 17.9 Å². The SMILES string of the molecule is CC(C)CC(C)CC(C)N1CCCC1. The van der Waals surface area contributed by atoms with Crippen LogP contribution in [0.15, 0.2) is 0 Å². The van der Waals surface area contributed by atoms with E-state index < -0.39 is 0 Å². The smallest absolute Gasteiger partial charge is 0.00694 e. The van der Waals surface area contributed by atoms with Crippen molar-refractivity contribution in [2.45, 2.75) is 59.4 Å². The zero-order valence-corrected chi connectivity index (χ0v) is 10.4. The quantitative estimate of drug-likeness (QED) is 0.651. The first-order valence-electron chi connectivity index (χ1n) is 6.33. The number of rotatable bonds is 5. The van der Waals surface area contributed by atoms with Crippen molar-refractivity contribution in [3.05, 3.63) is 0 Å². The molecule has 2 unspecified atom stereocenters. The van der Waals surface area contributed by atoms with Gasteiger partial charge in [0.05, 0.1) is 0 Å². The Morgan fingerprint density at radius 2 is 1.50 bits per heavy atom. The Labute approximate surface area is 89.9 Å². The van der Waals surface area contributed by atoms with Crippen molar-refractivity contribution >= 4 is 0 Å². The number of hydrogen-bond donors (Lipinski definition) is 0. The first-order valence-corrected chi connectivity index (χ1v) is 6.33. The fraction of sp³-hybridized carbons (Fsp3) is 1.00. The fourth-order valence-electron chi connectivity index (χ4n) is 2.81. The molecule has 2 atom stereocenters. The standard InChI is InChI=1S/C13H27N/c1-11(2)9-12(3)10-13(4)14-7-5-6-8-14/h11-13H,5-10H2,1-4H3. The summed E-state index contributed by atoms with van der Waals surface area (Å²) in [6, 6.07) is 0.811. The molecule has 0 aromatic rings. The summed E-state index contributed by atoms with van der Waals surface area (Å²) in [5.41, 5.74) is 0. The molecule has 0 bridgehead atoms. The summed E-state index contributed by atoms with van der Waals surface area (Å²) in [6.07, 6.45) is 5.61. The van der Waals surface area contributed by atoms with Crippen molar-refractivity contribution in [3.63, 3.8) is 0 Å². The molecule has 1 rings (SSSR count). The topological polar surface area (TPSA) is 3.24 Å². The molecule has 1 saturated heterocycles. The Bertz CT molecular complexity index is 147. The molecule has 1 aliphatic heterocycles. The van der Waals surface area contributed by atoms with Gasteiger partial charge in [0, 0.05) is 6.04 Å². The molecule has 0 radical (unpaired) electrons. The van der Waals surface area contributed by atoms with Gasteiger partial charge in [0.25, 0.3) is 0 Å². The van der Waals surface area contributed by atoms with Crippen LogP contribution in [0.2, 0.25) is 0 Å². The molecule has 0 saturated carbocycles. The molecule has 14 heavy (non-hydrogen) atoms. The van der Waals surface area contributed by atoms with Gasteiger partial charge in [-0.15, -0.1) is 0 Å². The highest BCUT2D eigenvalue weighted by molar-refractivity contribution is 4.74. The normalized spacial score (nSPS) is 22.9. The third-order valence-electron chi connectivity index (χ3n) is 3.38. The molecule has 84 valence electrons. The second-order valence-corrected chi connectivity index (χ2v) is 5.56. The highest BCUT2D eigenvalue weighted by Gasteiger charge is 2.19. The molecular formula is C13H27N. The predicted octanol–water partition coefficient (Wildman–Crippen LogP) is 3.54. The Morgan fingerprint density at radius 1 is 0.929 bits per heavy atom. The largest absolute Gasteiger partial charge is 0.301 e. The average molecular weight is 197 g/mol. The van der Waals surface area contributed by atoms with E-state index in [-0.39, 0.29) is 0 Å². The summed E-state index contributed by atoms with van der Waals surface area (Å²) < 4.78 is 0. The first kappa shape index (κ1) is 12.0. The Hall–Kier alpha value is -0.0400. The van der Waals surface area contributed by atoms with Gasteiger partial charge in [-0.3, -0.25) is 0 Å². The fourth-order valence-corrected chi connectivity index (χ4v) is 2.81. The molecule has 1 nitrogen and oxygen atoms in total. The minimum Gasteiger partial charge on any atom is -0.301 e. The van der Waals surface area contributed by atoms with E-state index >= 15 is 0 Å². The lowest BCUT2D eigenvalue weighted by Gasteiger charge is -2.27. The van der Waals surface area contributed by atoms with Crippen molar-refractivity contribution < 1.29 is 0 Å². The molecule has 0 N–H and O–H groups in total. The van der Waals surface area contributed by atoms with Gasteiger partial charge in [-0.25, -0.2) is 0 Å². The molecule has 0 amide bonds. The maximum Gasteiger partial charge on any atom is 0.00694 e. The molecule has 0 spiro atoms. The highest BCUT2D eigenvalue weighted by Crippen LogP contribution is 2.21. The second-order valence-electron chi connectivity index (χ2n) is 5.56. The molecule has 0 aliphatic carbocycles. The van der Waals surface area contributed by atoms with Gasteiger partial charge in [0.15, 0.2) is 0 Å². The highest BCUT2D eigenvalue weighted by atomic mass is 15.2. The predicted molar refractivity (Wildman–Crippen MR) is 63.5 cm³/mol. The van der Waals surface area contributed by atoms with E-state index in [2.05, 4.69) is 32.6 Å². The first-order chi connectivity index (χ1) is 6.59. The molecule has 1 aliphatic rings. The van der Waals surface area contributed by atoms with Crippen LogP contribution in [0, 0.1) is 11.8 Å². The summed E-state index contributed by atoms with van der Waals surface area (Å²) in [4.78, 5) is 2.66. The number of likely N-dealkylation sites (tertiary alicyclic amines) is 1. The third-order valence-corrected chi connectivity index (χ3v) is 3.38. The van der Waals surface area contributed by atoms with Crippen molar-refractivity contribution in [2.24, 2.45) is 11.8 Å². The van der Waals surface area contributed by atoms with Gasteiger partial charge >= 0.3 is 0 Å². The van der Waals surface area contributed by atoms with Gasteiger partial charge in [-0.1, -0.05) is 20.8 Å². The zero-order chi connectivity index (χ0) is 10.6. The number of nitrogens with zero attached hydrogens (tertiary/aromatic N) is 1. The Kier molecular flexibility index (Phi) is 4.94. The van der Waals surface area contributed by atoms with Crippen LogP contribution in [-0.2, 0) is 0 Å². The third kappa shape index (κ3) is 4.00.